The topological polar surface area (TPSA) is 18.5 Å². The minimum Gasteiger partial charge on any atom is -0.385 e. The van der Waals surface area contributed by atoms with E-state index < -0.39 is 0 Å². The highest BCUT2D eigenvalue weighted by molar-refractivity contribution is 4.92. The molecule has 0 radical (unpaired) electrons. The van der Waals surface area contributed by atoms with E-state index in [-0.39, 0.29) is 0 Å². The molecule has 0 unspecified atom stereocenters. The molecule has 0 saturated heterocycles. The largest absolute Gasteiger partial charge is 0.385 e. The quantitative estimate of drug-likeness (QED) is 0.351. The summed E-state index contributed by atoms with van der Waals surface area (Å²) >= 11 is 0. The Bertz CT molecular complexity index is 292. The first-order valence-electron chi connectivity index (χ1n) is 9.60. The van der Waals surface area contributed by atoms with Gasteiger partial charge in [0.1, 0.15) is 0 Å². The summed E-state index contributed by atoms with van der Waals surface area (Å²) in [4.78, 5) is 0. The lowest BCUT2D eigenvalue weighted by molar-refractivity contribution is 0.00640. The van der Waals surface area contributed by atoms with Gasteiger partial charge in [-0.25, -0.2) is 0 Å². The second-order valence-electron chi connectivity index (χ2n) is 7.87. The average Bonchev–Trinajstić information content (AvgIpc) is 2.47. The molecule has 0 spiro atoms. The van der Waals surface area contributed by atoms with Crippen LogP contribution in [0.3, 0.4) is 0 Å². The van der Waals surface area contributed by atoms with E-state index in [1.807, 2.05) is 0 Å². The first-order chi connectivity index (χ1) is 10.9. The molecule has 0 N–H and O–H groups in total. The summed E-state index contributed by atoms with van der Waals surface area (Å²) in [5.41, 5.74) is 1.43. The van der Waals surface area contributed by atoms with Crippen LogP contribution in [0, 0.1) is 17.8 Å². The van der Waals surface area contributed by atoms with Crippen molar-refractivity contribution in [3.8, 4) is 0 Å². The molecular formula is C21H42O2. The van der Waals surface area contributed by atoms with Crippen molar-refractivity contribution in [2.75, 3.05) is 20.3 Å². The standard InChI is InChI=1S/C21H42O2/c1-17(2)9-8-10-19(5)14-16-23-21(18(3)4)12-11-20(6)13-15-22-7/h9,18-21H,8,10-16H2,1-7H3/t19-,20-,21-/m0/s1. The third kappa shape index (κ3) is 13.8. The van der Waals surface area contributed by atoms with E-state index in [0.717, 1.165) is 31.5 Å². The van der Waals surface area contributed by atoms with E-state index in [9.17, 15) is 0 Å². The van der Waals surface area contributed by atoms with Crippen molar-refractivity contribution >= 4 is 0 Å². The number of rotatable bonds is 14. The van der Waals surface area contributed by atoms with Crippen molar-refractivity contribution in [1.29, 1.82) is 0 Å². The van der Waals surface area contributed by atoms with Crippen molar-refractivity contribution < 1.29 is 9.47 Å². The molecule has 138 valence electrons. The minimum absolute atomic E-state index is 0.407. The maximum Gasteiger partial charge on any atom is 0.0598 e. The molecule has 0 rings (SSSR count). The first-order valence-corrected chi connectivity index (χ1v) is 9.60. The Morgan fingerprint density at radius 2 is 1.43 bits per heavy atom. The fourth-order valence-electron chi connectivity index (χ4n) is 2.74. The highest BCUT2D eigenvalue weighted by Crippen LogP contribution is 2.20. The fourth-order valence-corrected chi connectivity index (χ4v) is 2.74. The maximum absolute atomic E-state index is 6.21. The van der Waals surface area contributed by atoms with E-state index >= 15 is 0 Å². The van der Waals surface area contributed by atoms with Gasteiger partial charge >= 0.3 is 0 Å². The van der Waals surface area contributed by atoms with Gasteiger partial charge in [0.25, 0.3) is 0 Å². The smallest absolute Gasteiger partial charge is 0.0598 e. The Kier molecular flexibility index (Phi) is 13.8. The molecular weight excluding hydrogens is 284 g/mol. The highest BCUT2D eigenvalue weighted by Gasteiger charge is 2.16. The summed E-state index contributed by atoms with van der Waals surface area (Å²) in [6.07, 6.45) is 9.97. The van der Waals surface area contributed by atoms with Gasteiger partial charge in [-0.05, 0) is 70.1 Å². The van der Waals surface area contributed by atoms with Crippen LogP contribution in [0.1, 0.15) is 80.1 Å². The normalized spacial score (nSPS) is 15.5. The second kappa shape index (κ2) is 14.0. The van der Waals surface area contributed by atoms with E-state index in [1.54, 1.807) is 7.11 Å². The summed E-state index contributed by atoms with van der Waals surface area (Å²) in [6, 6.07) is 0. The lowest BCUT2D eigenvalue weighted by atomic mass is 9.95. The Balaban J connectivity index is 3.93. The Labute approximate surface area is 146 Å². The van der Waals surface area contributed by atoms with Crippen LogP contribution in [0.2, 0.25) is 0 Å². The van der Waals surface area contributed by atoms with Crippen molar-refractivity contribution in [2.24, 2.45) is 17.8 Å². The van der Waals surface area contributed by atoms with E-state index in [0.29, 0.717) is 12.0 Å². The molecule has 23 heavy (non-hydrogen) atoms. The van der Waals surface area contributed by atoms with E-state index in [4.69, 9.17) is 9.47 Å². The van der Waals surface area contributed by atoms with Crippen LogP contribution in [0.4, 0.5) is 0 Å². The van der Waals surface area contributed by atoms with Gasteiger partial charge in [-0.15, -0.1) is 0 Å². The third-order valence-electron chi connectivity index (χ3n) is 4.66. The predicted octanol–water partition coefficient (Wildman–Crippen LogP) is 6.25. The van der Waals surface area contributed by atoms with Gasteiger partial charge in [0.15, 0.2) is 0 Å². The number of methoxy groups -OCH3 is 1. The van der Waals surface area contributed by atoms with Gasteiger partial charge in [0, 0.05) is 20.3 Å². The van der Waals surface area contributed by atoms with Crippen LogP contribution in [-0.2, 0) is 9.47 Å². The summed E-state index contributed by atoms with van der Waals surface area (Å²) in [7, 11) is 1.78. The summed E-state index contributed by atoms with van der Waals surface area (Å²) in [5, 5.41) is 0. The number of hydrogen-bond acceptors (Lipinski definition) is 2. The van der Waals surface area contributed by atoms with Gasteiger partial charge in [0.05, 0.1) is 6.10 Å². The van der Waals surface area contributed by atoms with Crippen molar-refractivity contribution in [3.63, 3.8) is 0 Å². The Morgan fingerprint density at radius 3 is 2.00 bits per heavy atom. The molecule has 0 saturated carbocycles. The van der Waals surface area contributed by atoms with Crippen molar-refractivity contribution in [1.82, 2.24) is 0 Å². The monoisotopic (exact) mass is 326 g/mol. The van der Waals surface area contributed by atoms with Gasteiger partial charge in [0.2, 0.25) is 0 Å². The number of ether oxygens (including phenoxy) is 2. The zero-order valence-corrected chi connectivity index (χ0v) is 16.9. The molecule has 0 amide bonds. The zero-order valence-electron chi connectivity index (χ0n) is 16.9. The maximum atomic E-state index is 6.21. The zero-order chi connectivity index (χ0) is 17.7. The summed E-state index contributed by atoms with van der Waals surface area (Å²) in [5.74, 6) is 2.08. The van der Waals surface area contributed by atoms with Crippen molar-refractivity contribution in [2.45, 2.75) is 86.2 Å². The van der Waals surface area contributed by atoms with Gasteiger partial charge < -0.3 is 9.47 Å². The van der Waals surface area contributed by atoms with E-state index in [1.165, 1.54) is 37.7 Å². The first kappa shape index (κ1) is 22.7. The lowest BCUT2D eigenvalue weighted by Crippen LogP contribution is -2.22. The molecule has 0 aromatic rings. The molecule has 0 aromatic carbocycles. The third-order valence-corrected chi connectivity index (χ3v) is 4.66. The van der Waals surface area contributed by atoms with Crippen LogP contribution < -0.4 is 0 Å². The molecule has 0 bridgehead atoms. The van der Waals surface area contributed by atoms with Crippen LogP contribution in [0.15, 0.2) is 11.6 Å². The molecule has 0 fully saturated rings. The molecule has 0 heterocycles. The molecule has 2 nitrogen and oxygen atoms in total. The SMILES string of the molecule is COCC[C@@H](C)CC[C@H](OCC[C@@H](C)CCC=C(C)C)C(C)C. The second-order valence-corrected chi connectivity index (χ2v) is 7.87. The number of hydrogen-bond donors (Lipinski definition) is 0. The van der Waals surface area contributed by atoms with Gasteiger partial charge in [-0.1, -0.05) is 39.3 Å². The highest BCUT2D eigenvalue weighted by atomic mass is 16.5. The molecule has 0 aliphatic heterocycles. The van der Waals surface area contributed by atoms with Crippen LogP contribution in [-0.4, -0.2) is 26.4 Å². The van der Waals surface area contributed by atoms with Crippen LogP contribution in [0.5, 0.6) is 0 Å². The van der Waals surface area contributed by atoms with Crippen molar-refractivity contribution in [3.05, 3.63) is 11.6 Å². The average molecular weight is 327 g/mol. The van der Waals surface area contributed by atoms with Crippen LogP contribution in [0.25, 0.3) is 0 Å². The molecule has 3 atom stereocenters. The lowest BCUT2D eigenvalue weighted by Gasteiger charge is -2.24. The van der Waals surface area contributed by atoms with Gasteiger partial charge in [-0.3, -0.25) is 0 Å². The summed E-state index contributed by atoms with van der Waals surface area (Å²) in [6.45, 7) is 15.4. The molecule has 0 aliphatic carbocycles. The predicted molar refractivity (Wildman–Crippen MR) is 102 cm³/mol. The number of allylic oxidation sites excluding steroid dienone is 2. The summed E-state index contributed by atoms with van der Waals surface area (Å²) < 4.78 is 11.4. The minimum atomic E-state index is 0.407. The van der Waals surface area contributed by atoms with Gasteiger partial charge in [-0.2, -0.15) is 0 Å². The molecule has 2 heteroatoms. The Hall–Kier alpha value is -0.340. The van der Waals surface area contributed by atoms with E-state index in [2.05, 4.69) is 47.6 Å². The van der Waals surface area contributed by atoms with Crippen LogP contribution >= 0.6 is 0 Å². The molecule has 0 aromatic heterocycles. The molecule has 0 aliphatic rings. The Morgan fingerprint density at radius 1 is 0.826 bits per heavy atom. The fraction of sp³-hybridized carbons (Fsp3) is 0.905.